The van der Waals surface area contributed by atoms with Gasteiger partial charge >= 0.3 is 6.61 Å². The number of pyridine rings is 1. The van der Waals surface area contributed by atoms with Crippen LogP contribution in [0.2, 0.25) is 5.02 Å². The van der Waals surface area contributed by atoms with E-state index in [2.05, 4.69) is 25.3 Å². The van der Waals surface area contributed by atoms with Crippen LogP contribution in [0, 0.1) is 0 Å². The first-order chi connectivity index (χ1) is 14.5. The Bertz CT molecular complexity index is 807. The molecule has 0 aliphatic rings. The van der Waals surface area contributed by atoms with Crippen molar-refractivity contribution in [2.75, 3.05) is 26.9 Å². The normalized spacial score (nSPS) is 11.5. The lowest BCUT2D eigenvalue weighted by Crippen LogP contribution is -2.36. The maximum atomic E-state index is 12.6. The summed E-state index contributed by atoms with van der Waals surface area (Å²) in [4.78, 5) is 8.72. The third kappa shape index (κ3) is 8.38. The average molecular weight is 443 g/mol. The third-order valence-electron chi connectivity index (χ3n) is 3.78. The average Bonchev–Trinajstić information content (AvgIpc) is 2.72. The smallest absolute Gasteiger partial charge is 0.387 e. The number of methoxy groups -OCH3 is 1. The second-order valence-electron chi connectivity index (χ2n) is 6.03. The van der Waals surface area contributed by atoms with Gasteiger partial charge in [0.25, 0.3) is 0 Å². The molecule has 2 aromatic rings. The van der Waals surface area contributed by atoms with E-state index in [0.29, 0.717) is 48.7 Å². The Morgan fingerprint density at radius 1 is 1.20 bits per heavy atom. The van der Waals surface area contributed by atoms with Gasteiger partial charge in [-0.1, -0.05) is 17.7 Å². The Hall–Kier alpha value is -2.65. The van der Waals surface area contributed by atoms with Crippen LogP contribution < -0.4 is 20.1 Å². The van der Waals surface area contributed by atoms with Crippen molar-refractivity contribution in [2.45, 2.75) is 26.6 Å². The van der Waals surface area contributed by atoms with Gasteiger partial charge in [-0.15, -0.1) is 0 Å². The largest absolute Gasteiger partial charge is 0.475 e. The van der Waals surface area contributed by atoms with Crippen molar-refractivity contribution in [3.63, 3.8) is 0 Å². The second kappa shape index (κ2) is 12.8. The number of aliphatic imine (C=N–C) groups is 1. The topological polar surface area (TPSA) is 77.0 Å². The summed E-state index contributed by atoms with van der Waals surface area (Å²) in [5.41, 5.74) is 1.38. The van der Waals surface area contributed by atoms with Crippen LogP contribution in [0.5, 0.6) is 11.6 Å². The number of halogens is 3. The molecule has 1 heterocycles. The zero-order chi connectivity index (χ0) is 21.8. The summed E-state index contributed by atoms with van der Waals surface area (Å²) in [5, 5.41) is 6.62. The summed E-state index contributed by atoms with van der Waals surface area (Å²) >= 11 is 5.98. The highest BCUT2D eigenvalue weighted by atomic mass is 35.5. The first kappa shape index (κ1) is 23.6. The SMILES string of the molecule is CCNC(=NCc1ccc(OCCOC)nc1)NCc1cc(Cl)ccc1OC(F)F. The molecule has 0 amide bonds. The third-order valence-corrected chi connectivity index (χ3v) is 4.02. The first-order valence-electron chi connectivity index (χ1n) is 9.34. The van der Waals surface area contributed by atoms with Crippen LogP contribution in [0.1, 0.15) is 18.1 Å². The molecule has 2 N–H and O–H groups in total. The number of nitrogens with one attached hydrogen (secondary N) is 2. The number of aromatic nitrogens is 1. The predicted octanol–water partition coefficient (Wildman–Crippen LogP) is 3.62. The molecule has 0 fully saturated rings. The van der Waals surface area contributed by atoms with Crippen LogP contribution >= 0.6 is 11.6 Å². The fourth-order valence-electron chi connectivity index (χ4n) is 2.41. The second-order valence-corrected chi connectivity index (χ2v) is 6.46. The van der Waals surface area contributed by atoms with Gasteiger partial charge < -0.3 is 24.8 Å². The predicted molar refractivity (Wildman–Crippen MR) is 111 cm³/mol. The van der Waals surface area contributed by atoms with Gasteiger partial charge in [0, 0.05) is 43.0 Å². The standard InChI is InChI=1S/C20H25ClF2N4O3/c1-3-24-20(26-12-14-4-7-18(25-11-14)29-9-8-28-2)27-13-15-10-16(21)5-6-17(15)30-19(22)23/h4-7,10-11,19H,3,8-9,12-13H2,1-2H3,(H2,24,26,27). The van der Waals surface area contributed by atoms with Crippen molar-refractivity contribution >= 4 is 17.6 Å². The van der Waals surface area contributed by atoms with Crippen LogP contribution in [0.25, 0.3) is 0 Å². The monoisotopic (exact) mass is 442 g/mol. The Labute approximate surface area is 179 Å². The van der Waals surface area contributed by atoms with Crippen LogP contribution in [-0.2, 0) is 17.8 Å². The van der Waals surface area contributed by atoms with Crippen molar-refractivity contribution in [3.8, 4) is 11.6 Å². The lowest BCUT2D eigenvalue weighted by Gasteiger charge is -2.14. The summed E-state index contributed by atoms with van der Waals surface area (Å²) in [6.07, 6.45) is 1.68. The van der Waals surface area contributed by atoms with Gasteiger partial charge in [-0.3, -0.25) is 0 Å². The van der Waals surface area contributed by atoms with Gasteiger partial charge in [0.15, 0.2) is 5.96 Å². The molecule has 0 saturated heterocycles. The van der Waals surface area contributed by atoms with Crippen LogP contribution in [0.15, 0.2) is 41.5 Å². The molecule has 0 bridgehead atoms. The zero-order valence-corrected chi connectivity index (χ0v) is 17.6. The first-order valence-corrected chi connectivity index (χ1v) is 9.71. The minimum Gasteiger partial charge on any atom is -0.475 e. The number of hydrogen-bond donors (Lipinski definition) is 2. The molecule has 30 heavy (non-hydrogen) atoms. The van der Waals surface area contributed by atoms with Gasteiger partial charge in [0.05, 0.1) is 13.2 Å². The lowest BCUT2D eigenvalue weighted by molar-refractivity contribution is -0.0504. The highest BCUT2D eigenvalue weighted by Gasteiger charge is 2.11. The summed E-state index contributed by atoms with van der Waals surface area (Å²) in [7, 11) is 1.60. The maximum absolute atomic E-state index is 12.6. The van der Waals surface area contributed by atoms with E-state index in [1.165, 1.54) is 12.1 Å². The highest BCUT2D eigenvalue weighted by molar-refractivity contribution is 6.30. The number of guanidine groups is 1. The number of benzene rings is 1. The van der Waals surface area contributed by atoms with Crippen molar-refractivity contribution in [1.82, 2.24) is 15.6 Å². The van der Waals surface area contributed by atoms with Crippen molar-refractivity contribution in [1.29, 1.82) is 0 Å². The van der Waals surface area contributed by atoms with E-state index in [0.717, 1.165) is 5.56 Å². The molecule has 0 aliphatic heterocycles. The molecule has 1 aromatic carbocycles. The van der Waals surface area contributed by atoms with E-state index in [1.807, 2.05) is 13.0 Å². The van der Waals surface area contributed by atoms with Gasteiger partial charge in [0.1, 0.15) is 12.4 Å². The van der Waals surface area contributed by atoms with Gasteiger partial charge in [-0.25, -0.2) is 9.98 Å². The Balaban J connectivity index is 1.99. The molecule has 0 radical (unpaired) electrons. The molecule has 0 aliphatic carbocycles. The molecule has 2 rings (SSSR count). The van der Waals surface area contributed by atoms with E-state index in [1.54, 1.807) is 25.4 Å². The van der Waals surface area contributed by atoms with Crippen molar-refractivity contribution < 1.29 is 23.0 Å². The van der Waals surface area contributed by atoms with E-state index in [9.17, 15) is 8.78 Å². The number of alkyl halides is 2. The quantitative estimate of drug-likeness (QED) is 0.314. The van der Waals surface area contributed by atoms with E-state index < -0.39 is 6.61 Å². The number of nitrogens with zero attached hydrogens (tertiary/aromatic N) is 2. The number of ether oxygens (including phenoxy) is 3. The van der Waals surface area contributed by atoms with Crippen LogP contribution in [0.3, 0.4) is 0 Å². The summed E-state index contributed by atoms with van der Waals surface area (Å²) in [6, 6.07) is 8.12. The molecular weight excluding hydrogens is 418 g/mol. The van der Waals surface area contributed by atoms with Gasteiger partial charge in [0.2, 0.25) is 5.88 Å². The lowest BCUT2D eigenvalue weighted by atomic mass is 10.2. The molecule has 0 unspecified atom stereocenters. The summed E-state index contributed by atoms with van der Waals surface area (Å²) < 4.78 is 40.1. The maximum Gasteiger partial charge on any atom is 0.387 e. The number of hydrogen-bond acceptors (Lipinski definition) is 5. The fraction of sp³-hybridized carbons (Fsp3) is 0.400. The van der Waals surface area contributed by atoms with Crippen LogP contribution in [-0.4, -0.2) is 44.4 Å². The number of rotatable bonds is 11. The molecule has 0 atom stereocenters. The van der Waals surface area contributed by atoms with E-state index in [-0.39, 0.29) is 12.3 Å². The zero-order valence-electron chi connectivity index (χ0n) is 16.8. The summed E-state index contributed by atoms with van der Waals surface area (Å²) in [5.74, 6) is 1.09. The summed E-state index contributed by atoms with van der Waals surface area (Å²) in [6.45, 7) is 1.14. The Morgan fingerprint density at radius 3 is 2.70 bits per heavy atom. The van der Waals surface area contributed by atoms with Crippen molar-refractivity contribution in [2.24, 2.45) is 4.99 Å². The fourth-order valence-corrected chi connectivity index (χ4v) is 2.60. The Morgan fingerprint density at radius 2 is 2.03 bits per heavy atom. The molecule has 0 spiro atoms. The highest BCUT2D eigenvalue weighted by Crippen LogP contribution is 2.24. The van der Waals surface area contributed by atoms with E-state index >= 15 is 0 Å². The van der Waals surface area contributed by atoms with Gasteiger partial charge in [-0.05, 0) is 30.7 Å². The molecule has 7 nitrogen and oxygen atoms in total. The minimum atomic E-state index is -2.92. The molecular formula is C20H25ClF2N4O3. The van der Waals surface area contributed by atoms with Gasteiger partial charge in [-0.2, -0.15) is 8.78 Å². The van der Waals surface area contributed by atoms with Crippen LogP contribution in [0.4, 0.5) is 8.78 Å². The minimum absolute atomic E-state index is 0.0611. The molecule has 0 saturated carbocycles. The van der Waals surface area contributed by atoms with Crippen molar-refractivity contribution in [3.05, 3.63) is 52.7 Å². The van der Waals surface area contributed by atoms with E-state index in [4.69, 9.17) is 21.1 Å². The molecule has 10 heteroatoms. The Kier molecular flexibility index (Phi) is 10.1. The molecule has 1 aromatic heterocycles. The molecule has 164 valence electrons.